The van der Waals surface area contributed by atoms with Gasteiger partial charge in [0.1, 0.15) is 25.4 Å². The van der Waals surface area contributed by atoms with Crippen molar-refractivity contribution in [3.8, 4) is 11.5 Å². The van der Waals surface area contributed by atoms with Crippen LogP contribution in [0.5, 0.6) is 11.5 Å². The Morgan fingerprint density at radius 3 is 2.54 bits per heavy atom. The molecule has 0 atom stereocenters. The van der Waals surface area contributed by atoms with Crippen molar-refractivity contribution in [2.45, 2.75) is 13.5 Å². The van der Waals surface area contributed by atoms with Crippen molar-refractivity contribution in [2.75, 3.05) is 18.5 Å². The van der Waals surface area contributed by atoms with Crippen LogP contribution in [0.2, 0.25) is 5.02 Å². The molecule has 2 aromatic carbocycles. The molecule has 0 bridgehead atoms. The highest BCUT2D eigenvalue weighted by molar-refractivity contribution is 6.30. The number of benzene rings is 2. The van der Waals surface area contributed by atoms with E-state index in [-0.39, 0.29) is 23.4 Å². The molecule has 0 unspecified atom stereocenters. The zero-order valence-electron chi connectivity index (χ0n) is 18.7. The van der Waals surface area contributed by atoms with Gasteiger partial charge in [0.25, 0.3) is 0 Å². The maximum Gasteiger partial charge on any atom is 0.244 e. The molecule has 35 heavy (non-hydrogen) atoms. The van der Waals surface area contributed by atoms with E-state index in [0.717, 1.165) is 0 Å². The molecule has 8 nitrogen and oxygen atoms in total. The summed E-state index contributed by atoms with van der Waals surface area (Å²) >= 11 is 5.93. The van der Waals surface area contributed by atoms with Gasteiger partial charge in [0.05, 0.1) is 10.9 Å². The van der Waals surface area contributed by atoms with E-state index in [1.54, 1.807) is 61.5 Å². The number of fused-ring (bicyclic) bond motifs is 2. The number of hydrogen-bond donors (Lipinski definition) is 1. The Labute approximate surface area is 205 Å². The first-order valence-electron chi connectivity index (χ1n) is 10.9. The highest BCUT2D eigenvalue weighted by Gasteiger charge is 2.20. The minimum atomic E-state index is -0.463. The highest BCUT2D eigenvalue weighted by atomic mass is 35.5. The molecule has 1 amide bonds. The zero-order valence-corrected chi connectivity index (χ0v) is 19.5. The van der Waals surface area contributed by atoms with Gasteiger partial charge in [-0.15, -0.1) is 0 Å². The second-order valence-electron chi connectivity index (χ2n) is 8.07. The molecule has 3 heterocycles. The van der Waals surface area contributed by atoms with Gasteiger partial charge in [-0.3, -0.25) is 14.4 Å². The Balaban J connectivity index is 1.50. The lowest BCUT2D eigenvalue weighted by atomic mass is 10.0. The van der Waals surface area contributed by atoms with Crippen molar-refractivity contribution in [1.29, 1.82) is 0 Å². The normalized spacial score (nSPS) is 12.4. The summed E-state index contributed by atoms with van der Waals surface area (Å²) in [6.07, 6.45) is 1.39. The van der Waals surface area contributed by atoms with Gasteiger partial charge in [0.2, 0.25) is 11.3 Å². The van der Waals surface area contributed by atoms with Crippen molar-refractivity contribution >= 4 is 40.0 Å². The Hall–Kier alpha value is -4.17. The van der Waals surface area contributed by atoms with Gasteiger partial charge >= 0.3 is 0 Å². The number of hydrogen-bond acceptors (Lipinski definition) is 6. The van der Waals surface area contributed by atoms with E-state index in [0.29, 0.717) is 52.3 Å². The zero-order chi connectivity index (χ0) is 24.5. The van der Waals surface area contributed by atoms with E-state index in [4.69, 9.17) is 21.1 Å². The number of nitrogens with zero attached hydrogens (tertiary/aromatic N) is 2. The molecular formula is C26H20ClN3O5. The largest absolute Gasteiger partial charge is 0.486 e. The first kappa shape index (κ1) is 22.6. The Morgan fingerprint density at radius 2 is 1.77 bits per heavy atom. The molecule has 1 N–H and O–H groups in total. The summed E-state index contributed by atoms with van der Waals surface area (Å²) in [5.41, 5.74) is 1.34. The van der Waals surface area contributed by atoms with Crippen LogP contribution in [0.15, 0.2) is 65.6 Å². The molecule has 4 aromatic rings. The van der Waals surface area contributed by atoms with Crippen molar-refractivity contribution in [3.05, 3.63) is 92.9 Å². The number of carbonyl (C=O) groups is 2. The molecule has 2 aromatic heterocycles. The van der Waals surface area contributed by atoms with Crippen LogP contribution < -0.4 is 20.2 Å². The average molecular weight is 490 g/mol. The molecular weight excluding hydrogens is 470 g/mol. The molecule has 1 aliphatic heterocycles. The van der Waals surface area contributed by atoms with E-state index in [1.165, 1.54) is 10.8 Å². The summed E-state index contributed by atoms with van der Waals surface area (Å²) in [5.74, 6) is 0.344. The van der Waals surface area contributed by atoms with Crippen molar-refractivity contribution in [1.82, 2.24) is 9.55 Å². The summed E-state index contributed by atoms with van der Waals surface area (Å²) in [7, 11) is 0. The molecule has 1 aliphatic rings. The second-order valence-corrected chi connectivity index (χ2v) is 8.50. The number of anilines is 1. The van der Waals surface area contributed by atoms with Crippen molar-refractivity contribution in [3.63, 3.8) is 0 Å². The molecule has 0 saturated heterocycles. The van der Waals surface area contributed by atoms with Gasteiger partial charge in [0.15, 0.2) is 17.3 Å². The van der Waals surface area contributed by atoms with E-state index in [2.05, 4.69) is 10.3 Å². The standard InChI is InChI=1S/C26H20ClN3O5/c1-15-2-8-19-25(33)20(24(32)16-3-5-17(27)6-4-16)13-30(26(19)28-15)14-23(31)29-18-7-9-21-22(12-18)35-11-10-34-21/h2-9,12-13H,10-11,14H2,1H3,(H,29,31). The van der Waals surface area contributed by atoms with E-state index in [1.807, 2.05) is 0 Å². The average Bonchev–Trinajstić information content (AvgIpc) is 2.85. The minimum absolute atomic E-state index is 0.0578. The van der Waals surface area contributed by atoms with Gasteiger partial charge in [-0.2, -0.15) is 0 Å². The third-order valence-corrected chi connectivity index (χ3v) is 5.80. The van der Waals surface area contributed by atoms with Crippen LogP contribution in [-0.2, 0) is 11.3 Å². The van der Waals surface area contributed by atoms with Crippen molar-refractivity contribution < 1.29 is 19.1 Å². The SMILES string of the molecule is Cc1ccc2c(=O)c(C(=O)c3ccc(Cl)cc3)cn(CC(=O)Nc3ccc4c(c3)OCCO4)c2n1. The predicted molar refractivity (Wildman–Crippen MR) is 132 cm³/mol. The summed E-state index contributed by atoms with van der Waals surface area (Å²) in [6.45, 7) is 2.53. The van der Waals surface area contributed by atoms with Gasteiger partial charge in [0, 0.05) is 34.2 Å². The van der Waals surface area contributed by atoms with Crippen LogP contribution in [0.4, 0.5) is 5.69 Å². The number of aromatic nitrogens is 2. The fourth-order valence-electron chi connectivity index (χ4n) is 3.88. The topological polar surface area (TPSA) is 99.5 Å². The number of amides is 1. The van der Waals surface area contributed by atoms with E-state index >= 15 is 0 Å². The number of ketones is 1. The lowest BCUT2D eigenvalue weighted by molar-refractivity contribution is -0.116. The Bertz CT molecular complexity index is 1530. The summed E-state index contributed by atoms with van der Waals surface area (Å²) in [5, 5.41) is 3.55. The molecule has 0 fully saturated rings. The molecule has 0 aliphatic carbocycles. The molecule has 176 valence electrons. The fourth-order valence-corrected chi connectivity index (χ4v) is 4.00. The lowest BCUT2D eigenvalue weighted by Gasteiger charge is -2.19. The molecule has 5 rings (SSSR count). The highest BCUT2D eigenvalue weighted by Crippen LogP contribution is 2.32. The maximum absolute atomic E-state index is 13.2. The van der Waals surface area contributed by atoms with Crippen LogP contribution in [0.3, 0.4) is 0 Å². The van der Waals surface area contributed by atoms with Crippen molar-refractivity contribution in [2.24, 2.45) is 0 Å². The lowest BCUT2D eigenvalue weighted by Crippen LogP contribution is -2.25. The minimum Gasteiger partial charge on any atom is -0.486 e. The number of halogens is 1. The fraction of sp³-hybridized carbons (Fsp3) is 0.154. The summed E-state index contributed by atoms with van der Waals surface area (Å²) < 4.78 is 12.6. The molecule has 0 saturated carbocycles. The second kappa shape index (κ2) is 9.23. The van der Waals surface area contributed by atoms with Gasteiger partial charge in [-0.1, -0.05) is 11.6 Å². The summed E-state index contributed by atoms with van der Waals surface area (Å²) in [6, 6.07) is 14.7. The number of aryl methyl sites for hydroxylation is 1. The van der Waals surface area contributed by atoms with Gasteiger partial charge in [-0.25, -0.2) is 4.98 Å². The van der Waals surface area contributed by atoms with E-state index in [9.17, 15) is 14.4 Å². The summed E-state index contributed by atoms with van der Waals surface area (Å²) in [4.78, 5) is 43.7. The number of rotatable bonds is 5. The van der Waals surface area contributed by atoms with E-state index < -0.39 is 11.2 Å². The number of pyridine rings is 2. The van der Waals surface area contributed by atoms with Gasteiger partial charge in [-0.05, 0) is 55.5 Å². The molecule has 0 spiro atoms. The predicted octanol–water partition coefficient (Wildman–Crippen LogP) is 4.00. The molecule has 0 radical (unpaired) electrons. The third kappa shape index (κ3) is 4.61. The number of ether oxygens (including phenoxy) is 2. The quantitative estimate of drug-likeness (QED) is 0.425. The Kier molecular flexibility index (Phi) is 5.96. The smallest absolute Gasteiger partial charge is 0.244 e. The monoisotopic (exact) mass is 489 g/mol. The molecule has 9 heteroatoms. The first-order chi connectivity index (χ1) is 16.9. The first-order valence-corrected chi connectivity index (χ1v) is 11.3. The third-order valence-electron chi connectivity index (χ3n) is 5.55. The van der Waals surface area contributed by atoms with Crippen LogP contribution >= 0.6 is 11.6 Å². The number of nitrogens with one attached hydrogen (secondary N) is 1. The Morgan fingerprint density at radius 1 is 1.03 bits per heavy atom. The van der Waals surface area contributed by atoms with Crippen LogP contribution in [0, 0.1) is 6.92 Å². The van der Waals surface area contributed by atoms with Crippen LogP contribution in [-0.4, -0.2) is 34.5 Å². The van der Waals surface area contributed by atoms with Crippen LogP contribution in [0.1, 0.15) is 21.6 Å². The maximum atomic E-state index is 13.2. The number of carbonyl (C=O) groups excluding carboxylic acids is 2. The van der Waals surface area contributed by atoms with Crippen LogP contribution in [0.25, 0.3) is 11.0 Å². The van der Waals surface area contributed by atoms with Gasteiger partial charge < -0.3 is 19.4 Å².